The zero-order valence-corrected chi connectivity index (χ0v) is 28.8. The number of nitrogens with zero attached hydrogens (tertiary/aromatic N) is 2. The van der Waals surface area contributed by atoms with Crippen LogP contribution in [-0.2, 0) is 16.2 Å². The standard InChI is InChI=1S/C44H45BN2O/c1-42(2)23-43(3,4)33-18-37-35(17-32(33)42)45-34-12-8-9-13-36(34)47(25-10-6-5-7-11-25)41-40(45)38(48-37)19-39(46-41)44-20-29-26-14-24-15-27(29)31(22-44)28(16-24)30(26)21-44/h5-13,17-19,24,26-31H,14-16,20-23H2,1-4H3. The van der Waals surface area contributed by atoms with Crippen LogP contribution >= 0.6 is 0 Å². The number of hydrogen-bond donors (Lipinski definition) is 0. The minimum atomic E-state index is 0.101. The Morgan fingerprint density at radius 1 is 0.688 bits per heavy atom. The minimum Gasteiger partial charge on any atom is -0.458 e. The Morgan fingerprint density at radius 2 is 1.31 bits per heavy atom. The Labute approximate surface area is 285 Å². The van der Waals surface area contributed by atoms with E-state index in [4.69, 9.17) is 9.72 Å². The van der Waals surface area contributed by atoms with Gasteiger partial charge in [0, 0.05) is 28.3 Å². The van der Waals surface area contributed by atoms with Crippen LogP contribution in [-0.4, -0.2) is 11.7 Å². The van der Waals surface area contributed by atoms with E-state index in [0.717, 1.165) is 65.2 Å². The van der Waals surface area contributed by atoms with E-state index in [1.165, 1.54) is 83.1 Å². The molecule has 48 heavy (non-hydrogen) atoms. The van der Waals surface area contributed by atoms with Crippen molar-refractivity contribution < 1.29 is 4.74 Å². The van der Waals surface area contributed by atoms with E-state index < -0.39 is 0 Å². The van der Waals surface area contributed by atoms with Gasteiger partial charge in [0.15, 0.2) is 0 Å². The summed E-state index contributed by atoms with van der Waals surface area (Å²) >= 11 is 0. The number of aromatic nitrogens is 1. The quantitative estimate of drug-likeness (QED) is 0.180. The van der Waals surface area contributed by atoms with Gasteiger partial charge in [-0.25, -0.2) is 4.98 Å². The van der Waals surface area contributed by atoms with Crippen LogP contribution in [0.4, 0.5) is 17.2 Å². The van der Waals surface area contributed by atoms with Crippen molar-refractivity contribution in [3.8, 4) is 11.5 Å². The van der Waals surface area contributed by atoms with Crippen molar-refractivity contribution in [3.05, 3.63) is 89.6 Å². The summed E-state index contributed by atoms with van der Waals surface area (Å²) < 4.78 is 7.25. The summed E-state index contributed by atoms with van der Waals surface area (Å²) in [5.41, 5.74) is 11.1. The highest BCUT2D eigenvalue weighted by Gasteiger charge is 2.68. The number of anilines is 3. The maximum atomic E-state index is 7.25. The van der Waals surface area contributed by atoms with Crippen molar-refractivity contribution in [1.29, 1.82) is 0 Å². The molecule has 7 saturated carbocycles. The molecule has 0 amide bonds. The molecular weight excluding hydrogens is 583 g/mol. The molecule has 3 heterocycles. The molecule has 3 aromatic carbocycles. The first kappa shape index (κ1) is 27.3. The van der Waals surface area contributed by atoms with Gasteiger partial charge in [0.2, 0.25) is 0 Å². The van der Waals surface area contributed by atoms with Gasteiger partial charge in [-0.3, -0.25) is 4.90 Å². The molecule has 10 aliphatic rings. The molecule has 8 bridgehead atoms. The van der Waals surface area contributed by atoms with Gasteiger partial charge < -0.3 is 4.74 Å². The third kappa shape index (κ3) is 3.23. The Balaban J connectivity index is 1.10. The largest absolute Gasteiger partial charge is 0.458 e. The highest BCUT2D eigenvalue weighted by atomic mass is 16.5. The molecule has 14 rings (SSSR count). The van der Waals surface area contributed by atoms with Crippen molar-refractivity contribution in [2.75, 3.05) is 4.90 Å². The van der Waals surface area contributed by atoms with Gasteiger partial charge in [-0.1, -0.05) is 70.2 Å². The Hall–Kier alpha value is -3.53. The Bertz CT molecular complexity index is 2020. The molecule has 0 spiro atoms. The molecule has 7 fully saturated rings. The van der Waals surface area contributed by atoms with Crippen LogP contribution in [0.3, 0.4) is 0 Å². The van der Waals surface area contributed by atoms with Crippen molar-refractivity contribution >= 4 is 40.3 Å². The molecular formula is C44H45BN2O. The average molecular weight is 629 g/mol. The molecule has 8 aliphatic carbocycles. The Morgan fingerprint density at radius 3 is 2.00 bits per heavy atom. The fraction of sp³-hybridized carbons (Fsp3) is 0.477. The summed E-state index contributed by atoms with van der Waals surface area (Å²) in [6, 6.07) is 27.5. The van der Waals surface area contributed by atoms with Gasteiger partial charge in [0.05, 0.1) is 5.69 Å². The van der Waals surface area contributed by atoms with Crippen LogP contribution < -0.4 is 26.0 Å². The first-order valence-corrected chi connectivity index (χ1v) is 19.1. The van der Waals surface area contributed by atoms with Crippen LogP contribution in [0.15, 0.2) is 72.8 Å². The lowest BCUT2D eigenvalue weighted by molar-refractivity contribution is -0.213. The molecule has 0 radical (unpaired) electrons. The van der Waals surface area contributed by atoms with Crippen LogP contribution in [0.1, 0.15) is 89.5 Å². The molecule has 0 atom stereocenters. The van der Waals surface area contributed by atoms with Crippen molar-refractivity contribution in [1.82, 2.24) is 4.98 Å². The summed E-state index contributed by atoms with van der Waals surface area (Å²) in [4.78, 5) is 8.39. The summed E-state index contributed by atoms with van der Waals surface area (Å²) in [7, 11) is 0. The second-order valence-corrected chi connectivity index (χ2v) is 18.8. The average Bonchev–Trinajstić information content (AvgIpc) is 3.27. The summed E-state index contributed by atoms with van der Waals surface area (Å²) in [5, 5.41) is 0. The number of ether oxygens (including phenoxy) is 1. The monoisotopic (exact) mass is 628 g/mol. The van der Waals surface area contributed by atoms with Gasteiger partial charge in [-0.05, 0) is 144 Å². The molecule has 0 N–H and O–H groups in total. The molecule has 1 aromatic heterocycles. The highest BCUT2D eigenvalue weighted by Crippen LogP contribution is 2.74. The second-order valence-electron chi connectivity index (χ2n) is 18.8. The molecule has 4 heteroatoms. The number of rotatable bonds is 2. The maximum absolute atomic E-state index is 7.25. The van der Waals surface area contributed by atoms with Gasteiger partial charge in [0.1, 0.15) is 17.3 Å². The molecule has 0 unspecified atom stereocenters. The minimum absolute atomic E-state index is 0.101. The van der Waals surface area contributed by atoms with E-state index in [0.29, 0.717) is 0 Å². The summed E-state index contributed by atoms with van der Waals surface area (Å²) in [5.74, 6) is 9.96. The van der Waals surface area contributed by atoms with E-state index in [1.54, 1.807) is 0 Å². The van der Waals surface area contributed by atoms with Crippen LogP contribution in [0.5, 0.6) is 11.5 Å². The van der Waals surface area contributed by atoms with Gasteiger partial charge in [-0.15, -0.1) is 0 Å². The van der Waals surface area contributed by atoms with E-state index in [1.807, 2.05) is 0 Å². The maximum Gasteiger partial charge on any atom is 0.258 e. The number of para-hydroxylation sites is 2. The lowest BCUT2D eigenvalue weighted by atomic mass is 9.32. The smallest absolute Gasteiger partial charge is 0.258 e. The molecule has 3 nitrogen and oxygen atoms in total. The third-order valence-electron chi connectivity index (χ3n) is 15.6. The topological polar surface area (TPSA) is 25.4 Å². The van der Waals surface area contributed by atoms with Gasteiger partial charge >= 0.3 is 0 Å². The first-order valence-electron chi connectivity index (χ1n) is 19.1. The molecule has 0 saturated heterocycles. The Kier molecular flexibility index (Phi) is 4.90. The van der Waals surface area contributed by atoms with E-state index in [9.17, 15) is 0 Å². The predicted molar refractivity (Wildman–Crippen MR) is 195 cm³/mol. The van der Waals surface area contributed by atoms with Gasteiger partial charge in [0.25, 0.3) is 6.71 Å². The number of pyridine rings is 1. The van der Waals surface area contributed by atoms with Crippen molar-refractivity contribution in [2.45, 2.75) is 88.9 Å². The second kappa shape index (κ2) is 8.60. The fourth-order valence-electron chi connectivity index (χ4n) is 14.3. The van der Waals surface area contributed by atoms with E-state index in [-0.39, 0.29) is 23.0 Å². The zero-order chi connectivity index (χ0) is 31.9. The van der Waals surface area contributed by atoms with E-state index >= 15 is 0 Å². The molecule has 2 aliphatic heterocycles. The lowest BCUT2D eigenvalue weighted by Gasteiger charge is -2.72. The predicted octanol–water partition coefficient (Wildman–Crippen LogP) is 8.41. The normalized spacial score (nSPS) is 35.6. The molecule has 4 aromatic rings. The zero-order valence-electron chi connectivity index (χ0n) is 28.8. The fourth-order valence-corrected chi connectivity index (χ4v) is 14.3. The van der Waals surface area contributed by atoms with E-state index in [2.05, 4.69) is 105 Å². The van der Waals surface area contributed by atoms with Crippen LogP contribution in [0.25, 0.3) is 0 Å². The third-order valence-corrected chi connectivity index (χ3v) is 15.6. The first-order chi connectivity index (χ1) is 23.2. The highest BCUT2D eigenvalue weighted by molar-refractivity contribution is 6.99. The number of fused-ring (bicyclic) bond motifs is 5. The molecule has 240 valence electrons. The number of hydrogen-bond acceptors (Lipinski definition) is 3. The van der Waals surface area contributed by atoms with Crippen LogP contribution in [0, 0.1) is 41.4 Å². The van der Waals surface area contributed by atoms with Crippen LogP contribution in [0.2, 0.25) is 0 Å². The van der Waals surface area contributed by atoms with Crippen molar-refractivity contribution in [2.24, 2.45) is 41.4 Å². The van der Waals surface area contributed by atoms with Crippen molar-refractivity contribution in [3.63, 3.8) is 0 Å². The SMILES string of the molecule is CC1(C)CC(C)(C)c2cc3c(cc21)Oc1cc(C24CC5C6CC7CC5C(C2)C(C7)C6C4)nc2c1B3c1ccccc1N2c1ccccc1. The lowest BCUT2D eigenvalue weighted by Crippen LogP contribution is -2.66. The van der Waals surface area contributed by atoms with Gasteiger partial charge in [-0.2, -0.15) is 0 Å². The summed E-state index contributed by atoms with van der Waals surface area (Å²) in [6.45, 7) is 9.80. The number of benzene rings is 3. The summed E-state index contributed by atoms with van der Waals surface area (Å²) in [6.07, 6.45) is 9.75.